The molecule has 2 fully saturated rings. The van der Waals surface area contributed by atoms with Gasteiger partial charge in [-0.05, 0) is 62.6 Å². The number of likely N-dealkylation sites (tertiary alicyclic amines) is 2. The molecule has 4 rings (SSSR count). The zero-order valence-electron chi connectivity index (χ0n) is 42.9. The summed E-state index contributed by atoms with van der Waals surface area (Å²) in [6.07, 6.45) is -1.23. The summed E-state index contributed by atoms with van der Waals surface area (Å²) in [6.45, 7) is 25.4. The van der Waals surface area contributed by atoms with Gasteiger partial charge in [-0.25, -0.2) is 0 Å². The van der Waals surface area contributed by atoms with Crippen molar-refractivity contribution in [1.82, 2.24) is 47.0 Å². The van der Waals surface area contributed by atoms with Crippen molar-refractivity contribution in [3.63, 3.8) is 0 Å². The first-order valence-corrected chi connectivity index (χ1v) is 24.2. The number of aliphatic hydroxyl groups is 1. The summed E-state index contributed by atoms with van der Waals surface area (Å²) in [4.78, 5) is 100. The van der Waals surface area contributed by atoms with Crippen LogP contribution in [0.3, 0.4) is 0 Å². The minimum absolute atomic E-state index is 0.0262. The molecule has 2 aliphatic heterocycles. The smallest absolute Gasteiger partial charge is 0.246 e. The third-order valence-corrected chi connectivity index (χ3v) is 13.2. The second-order valence-corrected chi connectivity index (χ2v) is 21.4. The number of hydrogen-bond donors (Lipinski definition) is 8. The van der Waals surface area contributed by atoms with E-state index in [4.69, 9.17) is 0 Å². The Morgan fingerprint density at radius 1 is 0.594 bits per heavy atom. The number of benzene rings is 2. The van der Waals surface area contributed by atoms with E-state index in [1.807, 2.05) is 116 Å². The lowest BCUT2D eigenvalue weighted by molar-refractivity contribution is -0.144. The topological polar surface area (TPSA) is 230 Å². The van der Waals surface area contributed by atoms with Crippen molar-refractivity contribution in [2.24, 2.45) is 22.7 Å². The highest BCUT2D eigenvalue weighted by Crippen LogP contribution is 2.30. The molecular formula is C52H79N9O8. The van der Waals surface area contributed by atoms with Crippen molar-refractivity contribution in [3.8, 4) is 0 Å². The van der Waals surface area contributed by atoms with Crippen LogP contribution in [0.4, 0.5) is 0 Å². The van der Waals surface area contributed by atoms with E-state index >= 15 is 0 Å². The highest BCUT2D eigenvalue weighted by Gasteiger charge is 2.48. The van der Waals surface area contributed by atoms with Crippen molar-refractivity contribution in [2.45, 2.75) is 156 Å². The van der Waals surface area contributed by atoms with Gasteiger partial charge >= 0.3 is 0 Å². The van der Waals surface area contributed by atoms with Crippen LogP contribution < -0.4 is 37.2 Å². The zero-order chi connectivity index (χ0) is 51.7. The first-order valence-electron chi connectivity index (χ1n) is 24.2. The molecule has 0 spiro atoms. The molecule has 0 unspecified atom stereocenters. The van der Waals surface area contributed by atoms with E-state index in [9.17, 15) is 38.7 Å². The summed E-state index contributed by atoms with van der Waals surface area (Å²) in [5, 5.41) is 32.5. The van der Waals surface area contributed by atoms with Crippen LogP contribution in [0.1, 0.15) is 119 Å². The van der Waals surface area contributed by atoms with Gasteiger partial charge in [0.2, 0.25) is 41.4 Å². The molecule has 17 heteroatoms. The maximum Gasteiger partial charge on any atom is 0.246 e. The van der Waals surface area contributed by atoms with E-state index in [1.54, 1.807) is 27.8 Å². The number of nitrogens with one attached hydrogen (secondary N) is 7. The SMILES string of the molecule is C=C(N[C@H]1C[C@@H](C(=O)N[C@H](C)c2ccccc2)N(C(=O)[C@@H](NC(=O)[C@H](C)NC)C(C)(C)C)C1)[C@H](O)[C@@H](C)C(=O)N[C@H]1C[C@@H](C(=O)N[C@H](C)c2ccccc2)N(C(=O)[C@@H](NC(=O)C(C)C)C(C)(C)C)C1. The molecule has 380 valence electrons. The largest absolute Gasteiger partial charge is 0.386 e. The maximum absolute atomic E-state index is 14.5. The molecule has 17 nitrogen and oxygen atoms in total. The van der Waals surface area contributed by atoms with Crippen molar-refractivity contribution in [1.29, 1.82) is 0 Å². The zero-order valence-corrected chi connectivity index (χ0v) is 42.9. The van der Waals surface area contributed by atoms with Crippen molar-refractivity contribution < 1.29 is 38.7 Å². The first kappa shape index (κ1) is 55.8. The highest BCUT2D eigenvalue weighted by atomic mass is 16.3. The van der Waals surface area contributed by atoms with Gasteiger partial charge < -0.3 is 52.1 Å². The lowest BCUT2D eigenvalue weighted by atomic mass is 9.85. The van der Waals surface area contributed by atoms with Crippen LogP contribution in [-0.2, 0) is 33.6 Å². The number of rotatable bonds is 19. The number of aliphatic hydroxyl groups excluding tert-OH is 1. The van der Waals surface area contributed by atoms with Gasteiger partial charge in [-0.3, -0.25) is 33.6 Å². The molecular weight excluding hydrogens is 879 g/mol. The summed E-state index contributed by atoms with van der Waals surface area (Å²) in [5.41, 5.74) is 0.362. The summed E-state index contributed by atoms with van der Waals surface area (Å²) in [6, 6.07) is 12.3. The number of likely N-dealkylation sites (N-methyl/N-ethyl adjacent to an activating group) is 1. The molecule has 0 bridgehead atoms. The van der Waals surface area contributed by atoms with E-state index in [0.29, 0.717) is 0 Å². The van der Waals surface area contributed by atoms with Crippen molar-refractivity contribution in [3.05, 3.63) is 84.1 Å². The highest BCUT2D eigenvalue weighted by molar-refractivity contribution is 5.95. The molecule has 0 aliphatic carbocycles. The molecule has 8 N–H and O–H groups in total. The van der Waals surface area contributed by atoms with Crippen LogP contribution in [-0.4, -0.2) is 125 Å². The fraction of sp³-hybridized carbons (Fsp3) is 0.596. The fourth-order valence-corrected chi connectivity index (χ4v) is 8.60. The predicted molar refractivity (Wildman–Crippen MR) is 266 cm³/mol. The van der Waals surface area contributed by atoms with E-state index < -0.39 is 107 Å². The summed E-state index contributed by atoms with van der Waals surface area (Å²) in [7, 11) is 1.64. The molecule has 0 saturated carbocycles. The third-order valence-electron chi connectivity index (χ3n) is 13.2. The van der Waals surface area contributed by atoms with Gasteiger partial charge in [0.15, 0.2) is 0 Å². The van der Waals surface area contributed by atoms with E-state index in [0.717, 1.165) is 11.1 Å². The number of carbonyl (C=O) groups is 7. The van der Waals surface area contributed by atoms with Crippen LogP contribution in [0.5, 0.6) is 0 Å². The molecule has 2 aromatic carbocycles. The minimum Gasteiger partial charge on any atom is -0.386 e. The minimum atomic E-state index is -1.44. The van der Waals surface area contributed by atoms with Gasteiger partial charge in [0, 0.05) is 36.8 Å². The Hall–Kier alpha value is -5.81. The van der Waals surface area contributed by atoms with Crippen molar-refractivity contribution >= 4 is 41.4 Å². The lowest BCUT2D eigenvalue weighted by Gasteiger charge is -2.36. The van der Waals surface area contributed by atoms with Gasteiger partial charge in [0.25, 0.3) is 0 Å². The molecule has 11 atom stereocenters. The van der Waals surface area contributed by atoms with Gasteiger partial charge in [0.1, 0.15) is 30.3 Å². The van der Waals surface area contributed by atoms with E-state index in [2.05, 4.69) is 43.8 Å². The summed E-state index contributed by atoms with van der Waals surface area (Å²) in [5.74, 6) is -4.44. The molecule has 2 aromatic rings. The predicted octanol–water partition coefficient (Wildman–Crippen LogP) is 3.22. The monoisotopic (exact) mass is 958 g/mol. The van der Waals surface area contributed by atoms with Crippen LogP contribution in [0.2, 0.25) is 0 Å². The van der Waals surface area contributed by atoms with Crippen LogP contribution in [0.25, 0.3) is 0 Å². The molecule has 0 radical (unpaired) electrons. The Labute approximate surface area is 409 Å². The fourth-order valence-electron chi connectivity index (χ4n) is 8.60. The number of carbonyl (C=O) groups excluding carboxylic acids is 7. The number of hydrogen-bond acceptors (Lipinski definition) is 10. The van der Waals surface area contributed by atoms with Crippen LogP contribution in [0.15, 0.2) is 72.9 Å². The Morgan fingerprint density at radius 2 is 0.986 bits per heavy atom. The normalized spacial score (nSPS) is 21.4. The molecule has 69 heavy (non-hydrogen) atoms. The molecule has 0 aromatic heterocycles. The average Bonchev–Trinajstić information content (AvgIpc) is 3.93. The Balaban J connectivity index is 1.53. The molecule has 2 heterocycles. The van der Waals surface area contributed by atoms with Gasteiger partial charge in [-0.2, -0.15) is 0 Å². The quantitative estimate of drug-likeness (QED) is 0.103. The first-order chi connectivity index (χ1) is 32.2. The number of amides is 7. The van der Waals surface area contributed by atoms with E-state index in [-0.39, 0.29) is 49.5 Å². The maximum atomic E-state index is 14.5. The molecule has 2 aliphatic rings. The van der Waals surface area contributed by atoms with E-state index in [1.165, 1.54) is 16.7 Å². The second-order valence-electron chi connectivity index (χ2n) is 21.4. The molecule has 7 amide bonds. The number of nitrogens with zero attached hydrogens (tertiary/aromatic N) is 2. The Bertz CT molecular complexity index is 2140. The second kappa shape index (κ2) is 23.7. The Kier molecular flexibility index (Phi) is 19.1. The van der Waals surface area contributed by atoms with Gasteiger partial charge in [0.05, 0.1) is 24.0 Å². The lowest BCUT2D eigenvalue weighted by Crippen LogP contribution is -2.59. The molecule has 2 saturated heterocycles. The van der Waals surface area contributed by atoms with Gasteiger partial charge in [-0.1, -0.05) is 130 Å². The summed E-state index contributed by atoms with van der Waals surface area (Å²) < 4.78 is 0. The average molecular weight is 958 g/mol. The Morgan fingerprint density at radius 3 is 1.36 bits per heavy atom. The van der Waals surface area contributed by atoms with Gasteiger partial charge in [-0.15, -0.1) is 0 Å². The standard InChI is InChI=1S/C52H79N9O8/c1-29(2)44(63)58-42(51(8,9)10)49(68)61-28-38(26-40(61)48(67)56-32(5)36-23-19-16-20-24-36)57-45(64)30(3)41(62)33(6)54-37-25-39(47(66)55-31(4)35-21-17-15-18-22-35)60(27-37)50(69)43(52(11,12)13)59-46(65)34(7)53-14/h15-24,29-32,34,37-43,53-54,62H,6,25-28H2,1-5,7-14H3,(H,55,66)(H,56,67)(H,57,64)(H,58,63)(H,59,65)/t30-,31-,32-,34+,37+,38+,39+,40+,41-,42-,43-/m1/s1. The third kappa shape index (κ3) is 14.6. The summed E-state index contributed by atoms with van der Waals surface area (Å²) >= 11 is 0. The van der Waals surface area contributed by atoms with Crippen molar-refractivity contribution in [2.75, 3.05) is 20.1 Å². The van der Waals surface area contributed by atoms with Crippen LogP contribution >= 0.6 is 0 Å². The van der Waals surface area contributed by atoms with Crippen LogP contribution in [0, 0.1) is 22.7 Å².